The highest BCUT2D eigenvalue weighted by molar-refractivity contribution is 9.10. The van der Waals surface area contributed by atoms with Crippen molar-refractivity contribution in [3.63, 3.8) is 0 Å². The van der Waals surface area contributed by atoms with Crippen molar-refractivity contribution in [3.8, 4) is 0 Å². The number of benzene rings is 1. The minimum atomic E-state index is -3.85. The molecule has 1 aromatic carbocycles. The molecule has 1 rings (SSSR count). The molecule has 5 nitrogen and oxygen atoms in total. The van der Waals surface area contributed by atoms with E-state index in [9.17, 15) is 13.2 Å². The van der Waals surface area contributed by atoms with E-state index in [0.29, 0.717) is 5.56 Å². The van der Waals surface area contributed by atoms with Gasteiger partial charge in [0.05, 0.1) is 4.90 Å². The fourth-order valence-electron chi connectivity index (χ4n) is 1.62. The van der Waals surface area contributed by atoms with E-state index in [1.54, 1.807) is 32.9 Å². The Morgan fingerprint density at radius 1 is 1.37 bits per heavy atom. The second-order valence-electron chi connectivity index (χ2n) is 4.59. The number of nitrogens with one attached hydrogen (secondary N) is 1. The molecule has 0 amide bonds. The maximum atomic E-state index is 12.2. The van der Waals surface area contributed by atoms with Crippen molar-refractivity contribution in [2.24, 2.45) is 5.92 Å². The van der Waals surface area contributed by atoms with Gasteiger partial charge >= 0.3 is 5.97 Å². The fraction of sp³-hybridized carbons (Fsp3) is 0.417. The minimum Gasteiger partial charge on any atom is -0.480 e. The Kier molecular flexibility index (Phi) is 5.11. The number of carbonyl (C=O) groups is 1. The molecule has 0 saturated heterocycles. The first-order valence-electron chi connectivity index (χ1n) is 5.66. The van der Waals surface area contributed by atoms with Crippen LogP contribution in [-0.4, -0.2) is 25.5 Å². The van der Waals surface area contributed by atoms with E-state index >= 15 is 0 Å². The highest BCUT2D eigenvalue weighted by Crippen LogP contribution is 2.20. The van der Waals surface area contributed by atoms with Gasteiger partial charge in [0, 0.05) is 4.47 Å². The summed E-state index contributed by atoms with van der Waals surface area (Å²) in [6, 6.07) is 3.57. The summed E-state index contributed by atoms with van der Waals surface area (Å²) in [6.45, 7) is 4.95. The standard InChI is InChI=1S/C12H16BrNO4S/c1-7(2)11(12(15)16)14-19(17,18)10-5-4-9(13)6-8(10)3/h4-7,11,14H,1-3H3,(H,15,16)/t11-/m1/s1. The van der Waals surface area contributed by atoms with Crippen LogP contribution in [0.5, 0.6) is 0 Å². The second kappa shape index (κ2) is 6.02. The molecule has 0 aromatic heterocycles. The third-order valence-corrected chi connectivity index (χ3v) is 4.74. The molecule has 0 spiro atoms. The van der Waals surface area contributed by atoms with E-state index < -0.39 is 22.0 Å². The molecule has 0 aliphatic carbocycles. The van der Waals surface area contributed by atoms with Crippen LogP contribution < -0.4 is 4.72 Å². The van der Waals surface area contributed by atoms with Crippen LogP contribution in [0.4, 0.5) is 0 Å². The van der Waals surface area contributed by atoms with Crippen molar-refractivity contribution in [1.82, 2.24) is 4.72 Å². The second-order valence-corrected chi connectivity index (χ2v) is 7.19. The molecule has 19 heavy (non-hydrogen) atoms. The molecule has 2 N–H and O–H groups in total. The zero-order valence-electron chi connectivity index (χ0n) is 10.8. The van der Waals surface area contributed by atoms with Gasteiger partial charge in [0.25, 0.3) is 0 Å². The van der Waals surface area contributed by atoms with Gasteiger partial charge < -0.3 is 5.11 Å². The van der Waals surface area contributed by atoms with Crippen molar-refractivity contribution in [3.05, 3.63) is 28.2 Å². The van der Waals surface area contributed by atoms with Gasteiger partial charge in [-0.1, -0.05) is 29.8 Å². The molecule has 7 heteroatoms. The van der Waals surface area contributed by atoms with Gasteiger partial charge in [-0.05, 0) is 36.6 Å². The number of hydrogen-bond acceptors (Lipinski definition) is 3. The van der Waals surface area contributed by atoms with E-state index in [1.807, 2.05) is 0 Å². The van der Waals surface area contributed by atoms with Gasteiger partial charge in [-0.2, -0.15) is 4.72 Å². The smallest absolute Gasteiger partial charge is 0.322 e. The average molecular weight is 350 g/mol. The van der Waals surface area contributed by atoms with Crippen LogP contribution in [0, 0.1) is 12.8 Å². The lowest BCUT2D eigenvalue weighted by Crippen LogP contribution is -2.44. The first kappa shape index (κ1) is 16.1. The molecule has 1 atom stereocenters. The highest BCUT2D eigenvalue weighted by Gasteiger charge is 2.28. The molecular weight excluding hydrogens is 334 g/mol. The number of sulfonamides is 1. The van der Waals surface area contributed by atoms with E-state index in [2.05, 4.69) is 20.7 Å². The fourth-order valence-corrected chi connectivity index (χ4v) is 3.66. The summed E-state index contributed by atoms with van der Waals surface area (Å²) < 4.78 is 27.4. The maximum Gasteiger partial charge on any atom is 0.322 e. The maximum absolute atomic E-state index is 12.2. The molecule has 0 fully saturated rings. The van der Waals surface area contributed by atoms with Crippen LogP contribution in [0.25, 0.3) is 0 Å². The molecule has 106 valence electrons. The van der Waals surface area contributed by atoms with Crippen LogP contribution >= 0.6 is 15.9 Å². The average Bonchev–Trinajstić information content (AvgIpc) is 2.24. The minimum absolute atomic E-state index is 0.0857. The predicted octanol–water partition coefficient (Wildman–Crippen LogP) is 2.15. The lowest BCUT2D eigenvalue weighted by atomic mass is 10.1. The number of aryl methyl sites for hydroxylation is 1. The topological polar surface area (TPSA) is 83.5 Å². The normalized spacial score (nSPS) is 13.5. The van der Waals surface area contributed by atoms with Crippen LogP contribution in [0.2, 0.25) is 0 Å². The summed E-state index contributed by atoms with van der Waals surface area (Å²) in [6.07, 6.45) is 0. The van der Waals surface area contributed by atoms with Gasteiger partial charge in [-0.3, -0.25) is 4.79 Å². The first-order valence-corrected chi connectivity index (χ1v) is 7.94. The van der Waals surface area contributed by atoms with Crippen molar-refractivity contribution in [2.75, 3.05) is 0 Å². The van der Waals surface area contributed by atoms with E-state index in [4.69, 9.17) is 5.11 Å². The first-order chi connectivity index (χ1) is 8.65. The third-order valence-electron chi connectivity index (χ3n) is 2.64. The highest BCUT2D eigenvalue weighted by atomic mass is 79.9. The summed E-state index contributed by atoms with van der Waals surface area (Å²) in [7, 11) is -3.85. The van der Waals surface area contributed by atoms with Crippen LogP contribution in [-0.2, 0) is 14.8 Å². The van der Waals surface area contributed by atoms with Crippen molar-refractivity contribution < 1.29 is 18.3 Å². The number of rotatable bonds is 5. The summed E-state index contributed by atoms with van der Waals surface area (Å²) >= 11 is 3.25. The Morgan fingerprint density at radius 2 is 1.95 bits per heavy atom. The molecule has 0 saturated carbocycles. The lowest BCUT2D eigenvalue weighted by Gasteiger charge is -2.18. The van der Waals surface area contributed by atoms with Crippen molar-refractivity contribution in [1.29, 1.82) is 0 Å². The van der Waals surface area contributed by atoms with Crippen molar-refractivity contribution in [2.45, 2.75) is 31.7 Å². The van der Waals surface area contributed by atoms with Crippen LogP contribution in [0.3, 0.4) is 0 Å². The molecule has 1 aromatic rings. The van der Waals surface area contributed by atoms with Gasteiger partial charge in [0.15, 0.2) is 0 Å². The third kappa shape index (κ3) is 4.02. The zero-order chi connectivity index (χ0) is 14.8. The number of carboxylic acids is 1. The Bertz CT molecular complexity index is 583. The van der Waals surface area contributed by atoms with Gasteiger partial charge in [-0.25, -0.2) is 8.42 Å². The van der Waals surface area contributed by atoms with Crippen LogP contribution in [0.1, 0.15) is 19.4 Å². The molecule has 0 unspecified atom stereocenters. The summed E-state index contributed by atoms with van der Waals surface area (Å²) in [5, 5.41) is 9.03. The Labute approximate surface area is 121 Å². The van der Waals surface area contributed by atoms with Crippen LogP contribution in [0.15, 0.2) is 27.6 Å². The number of hydrogen-bond donors (Lipinski definition) is 2. The van der Waals surface area contributed by atoms with Gasteiger partial charge in [0.2, 0.25) is 10.0 Å². The SMILES string of the molecule is Cc1cc(Br)ccc1S(=O)(=O)N[C@@H](C(=O)O)C(C)C. The van der Waals surface area contributed by atoms with E-state index in [0.717, 1.165) is 4.47 Å². The molecular formula is C12H16BrNO4S. The summed E-state index contributed by atoms with van der Waals surface area (Å²) in [4.78, 5) is 11.1. The van der Waals surface area contributed by atoms with E-state index in [-0.39, 0.29) is 10.8 Å². The van der Waals surface area contributed by atoms with Crippen molar-refractivity contribution >= 4 is 31.9 Å². The quantitative estimate of drug-likeness (QED) is 0.852. The number of aliphatic carboxylic acids is 1. The molecule has 0 aliphatic heterocycles. The molecule has 0 heterocycles. The monoisotopic (exact) mass is 349 g/mol. The number of halogens is 1. The lowest BCUT2D eigenvalue weighted by molar-refractivity contribution is -0.140. The van der Waals surface area contributed by atoms with Gasteiger partial charge in [-0.15, -0.1) is 0 Å². The Balaban J connectivity index is 3.14. The molecule has 0 radical (unpaired) electrons. The zero-order valence-corrected chi connectivity index (χ0v) is 13.2. The summed E-state index contributed by atoms with van der Waals surface area (Å²) in [5.41, 5.74) is 0.551. The number of carboxylic acid groups (broad SMARTS) is 1. The largest absolute Gasteiger partial charge is 0.480 e. The molecule has 0 aliphatic rings. The Morgan fingerprint density at radius 3 is 2.37 bits per heavy atom. The predicted molar refractivity (Wildman–Crippen MR) is 75.5 cm³/mol. The summed E-state index contributed by atoms with van der Waals surface area (Å²) in [5.74, 6) is -1.53. The van der Waals surface area contributed by atoms with Gasteiger partial charge in [0.1, 0.15) is 6.04 Å². The molecule has 0 bridgehead atoms. The van der Waals surface area contributed by atoms with E-state index in [1.165, 1.54) is 6.07 Å². The Hall–Kier alpha value is -0.920.